The molecule has 4 atom stereocenters. The maximum absolute atomic E-state index is 13.4. The van der Waals surface area contributed by atoms with Crippen molar-refractivity contribution in [3.8, 4) is 5.75 Å². The molecule has 320 valence electrons. The summed E-state index contributed by atoms with van der Waals surface area (Å²) in [6.45, 7) is 4.19. The van der Waals surface area contributed by atoms with Crippen molar-refractivity contribution in [1.29, 1.82) is 0 Å². The van der Waals surface area contributed by atoms with Crippen LogP contribution in [0.4, 0.5) is 0 Å². The number of benzene rings is 1. The van der Waals surface area contributed by atoms with Crippen molar-refractivity contribution in [2.75, 3.05) is 134 Å². The molecule has 3 N–H and O–H groups in total. The smallest absolute Gasteiger partial charge is 0.325 e. The molecule has 1 aliphatic rings. The van der Waals surface area contributed by atoms with Crippen LogP contribution in [0.2, 0.25) is 0 Å². The maximum atomic E-state index is 13.4. The molecule has 0 amide bonds. The van der Waals surface area contributed by atoms with Gasteiger partial charge in [0.25, 0.3) is 0 Å². The first-order chi connectivity index (χ1) is 27.1. The van der Waals surface area contributed by atoms with E-state index in [-0.39, 0.29) is 52.4 Å². The molecule has 1 aromatic carbocycles. The van der Waals surface area contributed by atoms with Crippen molar-refractivity contribution in [3.63, 3.8) is 0 Å². The summed E-state index contributed by atoms with van der Waals surface area (Å²) in [5.74, 6) is -1.75. The van der Waals surface area contributed by atoms with E-state index < -0.39 is 67.9 Å². The van der Waals surface area contributed by atoms with Crippen molar-refractivity contribution in [3.05, 3.63) is 29.8 Å². The zero-order valence-corrected chi connectivity index (χ0v) is 33.7. The highest BCUT2D eigenvalue weighted by molar-refractivity contribution is 5.77. The predicted molar refractivity (Wildman–Crippen MR) is 203 cm³/mol. The molecule has 0 saturated carbocycles. The summed E-state index contributed by atoms with van der Waals surface area (Å²) in [6.07, 6.45) is 1.69. The first-order valence-electron chi connectivity index (χ1n) is 19.1. The van der Waals surface area contributed by atoms with E-state index in [9.17, 15) is 34.5 Å². The first-order valence-corrected chi connectivity index (χ1v) is 19.1. The molecule has 0 radical (unpaired) electrons. The zero-order chi connectivity index (χ0) is 41.3. The van der Waals surface area contributed by atoms with Gasteiger partial charge in [-0.15, -0.1) is 0 Å². The summed E-state index contributed by atoms with van der Waals surface area (Å²) in [5.41, 5.74) is 1.05. The Labute approximate surface area is 330 Å². The van der Waals surface area contributed by atoms with Crippen molar-refractivity contribution < 1.29 is 67.7 Å². The Morgan fingerprint density at radius 2 is 0.911 bits per heavy atom. The fraction of sp³-hybridized carbons (Fsp3) is 0.737. The first kappa shape index (κ1) is 48.7. The Morgan fingerprint density at radius 1 is 0.554 bits per heavy atom. The summed E-state index contributed by atoms with van der Waals surface area (Å²) in [6, 6.07) is 3.83. The van der Waals surface area contributed by atoms with Crippen LogP contribution in [0.1, 0.15) is 25.3 Å². The quantitative estimate of drug-likeness (QED) is 0.0676. The monoisotopic (exact) mass is 800 g/mol. The molecule has 0 aromatic heterocycles. The molecule has 1 aromatic rings. The fourth-order valence-electron chi connectivity index (χ4n) is 6.57. The van der Waals surface area contributed by atoms with E-state index in [0.29, 0.717) is 58.0 Å². The van der Waals surface area contributed by atoms with Gasteiger partial charge in [0.2, 0.25) is 0 Å². The molecule has 56 heavy (non-hydrogen) atoms. The Kier molecular flexibility index (Phi) is 24.4. The van der Waals surface area contributed by atoms with Crippen LogP contribution in [0, 0.1) is 0 Å². The van der Waals surface area contributed by atoms with E-state index in [4.69, 9.17) is 33.2 Å². The topological polar surface area (TPSA) is 207 Å². The number of carbonyl (C=O) groups is 4. The number of ether oxygens (including phenoxy) is 7. The Balaban J connectivity index is 2.33. The largest absolute Gasteiger partial charge is 0.491 e. The van der Waals surface area contributed by atoms with Gasteiger partial charge in [-0.3, -0.25) is 38.8 Å². The van der Waals surface area contributed by atoms with E-state index in [2.05, 4.69) is 0 Å². The van der Waals surface area contributed by atoms with Gasteiger partial charge in [0.15, 0.2) is 0 Å². The minimum atomic E-state index is -1.07. The minimum Gasteiger partial charge on any atom is -0.491 e. The molecule has 0 unspecified atom stereocenters. The second kappa shape index (κ2) is 28.0. The van der Waals surface area contributed by atoms with Crippen LogP contribution in [-0.2, 0) is 54.0 Å². The number of aliphatic hydroxyl groups excluding tert-OH is 3. The number of hydrogen-bond acceptors (Lipinski definition) is 18. The van der Waals surface area contributed by atoms with Gasteiger partial charge in [-0.2, -0.15) is 0 Å². The van der Waals surface area contributed by atoms with Crippen LogP contribution in [0.5, 0.6) is 5.75 Å². The van der Waals surface area contributed by atoms with Crippen LogP contribution < -0.4 is 4.74 Å². The second-order valence-electron chi connectivity index (χ2n) is 13.0. The number of rotatable bonds is 23. The number of aliphatic hydroxyl groups is 3. The SMILES string of the molecule is CCOCCOCCOc1ccc(CCC[C@@H](C(=O)OC)N2CCN([C@H](CO)C(=O)OC)CCN([C@H](CO)C(=O)OC)CCN([C@@H](CO)C(=O)OC)CC2)cc1. The van der Waals surface area contributed by atoms with E-state index in [0.717, 1.165) is 5.56 Å². The molecule has 0 spiro atoms. The third kappa shape index (κ3) is 16.2. The van der Waals surface area contributed by atoms with E-state index in [1.165, 1.54) is 28.4 Å². The third-order valence-corrected chi connectivity index (χ3v) is 9.81. The minimum absolute atomic E-state index is 0.135. The Morgan fingerprint density at radius 3 is 1.29 bits per heavy atom. The highest BCUT2D eigenvalue weighted by Gasteiger charge is 2.35. The van der Waals surface area contributed by atoms with E-state index in [1.807, 2.05) is 36.1 Å². The number of esters is 4. The molecule has 1 heterocycles. The normalized spacial score (nSPS) is 17.7. The Hall–Kier alpha value is -3.46. The van der Waals surface area contributed by atoms with Crippen molar-refractivity contribution in [1.82, 2.24) is 19.6 Å². The van der Waals surface area contributed by atoms with Gasteiger partial charge < -0.3 is 48.5 Å². The lowest BCUT2D eigenvalue weighted by atomic mass is 10.0. The van der Waals surface area contributed by atoms with Gasteiger partial charge in [-0.25, -0.2) is 0 Å². The summed E-state index contributed by atoms with van der Waals surface area (Å²) >= 11 is 0. The van der Waals surface area contributed by atoms with Gasteiger partial charge >= 0.3 is 23.9 Å². The lowest BCUT2D eigenvalue weighted by Gasteiger charge is -2.39. The average molecular weight is 801 g/mol. The summed E-state index contributed by atoms with van der Waals surface area (Å²) < 4.78 is 36.7. The van der Waals surface area contributed by atoms with Gasteiger partial charge in [0.1, 0.15) is 36.5 Å². The molecule has 18 nitrogen and oxygen atoms in total. The molecule has 0 aliphatic carbocycles. The lowest BCUT2D eigenvalue weighted by Crippen LogP contribution is -2.57. The molecule has 2 rings (SSSR count). The molecule has 1 aliphatic heterocycles. The zero-order valence-electron chi connectivity index (χ0n) is 33.7. The fourth-order valence-corrected chi connectivity index (χ4v) is 6.57. The van der Waals surface area contributed by atoms with E-state index >= 15 is 0 Å². The van der Waals surface area contributed by atoms with Crippen molar-refractivity contribution >= 4 is 23.9 Å². The third-order valence-electron chi connectivity index (χ3n) is 9.81. The highest BCUT2D eigenvalue weighted by atomic mass is 16.5. The summed E-state index contributed by atoms with van der Waals surface area (Å²) in [7, 11) is 4.98. The van der Waals surface area contributed by atoms with Gasteiger partial charge in [-0.05, 0) is 43.9 Å². The van der Waals surface area contributed by atoms with E-state index in [1.54, 1.807) is 14.7 Å². The summed E-state index contributed by atoms with van der Waals surface area (Å²) in [5, 5.41) is 30.8. The molecule has 18 heteroatoms. The van der Waals surface area contributed by atoms with Crippen LogP contribution in [0.25, 0.3) is 0 Å². The number of carbonyl (C=O) groups excluding carboxylic acids is 4. The van der Waals surface area contributed by atoms with Crippen LogP contribution >= 0.6 is 0 Å². The summed E-state index contributed by atoms with van der Waals surface area (Å²) in [4.78, 5) is 58.8. The molecule has 1 fully saturated rings. The molecule has 1 saturated heterocycles. The Bertz CT molecular complexity index is 1240. The lowest BCUT2D eigenvalue weighted by molar-refractivity contribution is -0.153. The van der Waals surface area contributed by atoms with Crippen LogP contribution in [0.15, 0.2) is 24.3 Å². The van der Waals surface area contributed by atoms with Gasteiger partial charge in [-0.1, -0.05) is 12.1 Å². The van der Waals surface area contributed by atoms with Crippen LogP contribution in [-0.4, -0.2) is 217 Å². The molecular formula is C38H64N4O14. The highest BCUT2D eigenvalue weighted by Crippen LogP contribution is 2.18. The predicted octanol–water partition coefficient (Wildman–Crippen LogP) is -1.19. The van der Waals surface area contributed by atoms with Crippen molar-refractivity contribution in [2.24, 2.45) is 0 Å². The number of hydrogen-bond donors (Lipinski definition) is 3. The van der Waals surface area contributed by atoms with Crippen molar-refractivity contribution in [2.45, 2.75) is 50.4 Å². The van der Waals surface area contributed by atoms with Gasteiger partial charge in [0.05, 0.1) is 68.1 Å². The molecular weight excluding hydrogens is 736 g/mol. The van der Waals surface area contributed by atoms with Crippen LogP contribution in [0.3, 0.4) is 0 Å². The number of methoxy groups -OCH3 is 4. The second-order valence-corrected chi connectivity index (χ2v) is 13.0. The average Bonchev–Trinajstić information content (AvgIpc) is 3.22. The standard InChI is InChI=1S/C38H64N4O14/c1-6-54-22-23-55-24-25-56-30-12-10-29(11-13-30)8-7-9-31(35(46)50-2)39-14-16-40(32(26-43)36(47)51-3)18-20-42(34(28-45)38(49)53-5)21-19-41(17-15-39)33(27-44)37(48)52-4/h10-13,31-34,43-45H,6-9,14-28H2,1-5H3/t31-,32-,33+,34+/m0/s1. The molecule has 0 bridgehead atoms. The van der Waals surface area contributed by atoms with Gasteiger partial charge in [0, 0.05) is 59.0 Å². The number of aryl methyl sites for hydroxylation is 1. The number of nitrogens with zero attached hydrogens (tertiary/aromatic N) is 4. The maximum Gasteiger partial charge on any atom is 0.325 e.